The minimum absolute atomic E-state index is 0.106. The number of benzene rings is 1. The van der Waals surface area contributed by atoms with Crippen molar-refractivity contribution < 1.29 is 14.3 Å². The smallest absolute Gasteiger partial charge is 0.252 e. The molecule has 4 unspecified atom stereocenters. The zero-order chi connectivity index (χ0) is 18.5. The second kappa shape index (κ2) is 8.82. The minimum Gasteiger partial charge on any atom is -0.368 e. The van der Waals surface area contributed by atoms with Gasteiger partial charge in [-0.25, -0.2) is 0 Å². The lowest BCUT2D eigenvalue weighted by Gasteiger charge is -2.35. The highest BCUT2D eigenvalue weighted by Gasteiger charge is 2.34. The summed E-state index contributed by atoms with van der Waals surface area (Å²) in [5.74, 6) is -0.148. The van der Waals surface area contributed by atoms with Crippen LogP contribution in [0.3, 0.4) is 0 Å². The summed E-state index contributed by atoms with van der Waals surface area (Å²) in [5.41, 5.74) is 1.03. The molecule has 3 rings (SSSR count). The summed E-state index contributed by atoms with van der Waals surface area (Å²) in [6, 6.07) is 7.48. The van der Waals surface area contributed by atoms with Crippen molar-refractivity contribution in [2.24, 2.45) is 0 Å². The lowest BCUT2D eigenvalue weighted by Crippen LogP contribution is -2.50. The van der Waals surface area contributed by atoms with Gasteiger partial charge in [0.2, 0.25) is 0 Å². The molecule has 0 saturated carbocycles. The van der Waals surface area contributed by atoms with Gasteiger partial charge in [-0.15, -0.1) is 0 Å². The molecule has 0 aromatic heterocycles. The quantitative estimate of drug-likeness (QED) is 0.829. The summed E-state index contributed by atoms with van der Waals surface area (Å²) in [7, 11) is 4.03. The third kappa shape index (κ3) is 4.95. The summed E-state index contributed by atoms with van der Waals surface area (Å²) in [6.45, 7) is 1.11. The van der Waals surface area contributed by atoms with Gasteiger partial charge in [0, 0.05) is 5.02 Å². The second-order valence-electron chi connectivity index (χ2n) is 6.86. The number of rotatable bonds is 6. The van der Waals surface area contributed by atoms with Crippen LogP contribution in [0.4, 0.5) is 0 Å². The van der Waals surface area contributed by atoms with Gasteiger partial charge in [0.25, 0.3) is 5.91 Å². The summed E-state index contributed by atoms with van der Waals surface area (Å²) in [5, 5.41) is 3.80. The molecule has 0 spiro atoms. The fraction of sp³-hybridized carbons (Fsp3) is 0.450. The molecule has 2 aliphatic rings. The molecule has 1 aliphatic heterocycles. The molecule has 1 aromatic rings. The first-order valence-corrected chi connectivity index (χ1v) is 9.23. The molecule has 1 heterocycles. The lowest BCUT2D eigenvalue weighted by atomic mass is 10.0. The first-order chi connectivity index (χ1) is 12.5. The van der Waals surface area contributed by atoms with Gasteiger partial charge in [0.05, 0.1) is 12.6 Å². The van der Waals surface area contributed by atoms with Crippen LogP contribution >= 0.6 is 11.6 Å². The van der Waals surface area contributed by atoms with E-state index in [1.165, 1.54) is 0 Å². The van der Waals surface area contributed by atoms with Gasteiger partial charge >= 0.3 is 0 Å². The maximum absolute atomic E-state index is 12.8. The van der Waals surface area contributed by atoms with Crippen LogP contribution in [-0.2, 0) is 14.3 Å². The topological polar surface area (TPSA) is 50.8 Å². The zero-order valence-electron chi connectivity index (χ0n) is 15.1. The van der Waals surface area contributed by atoms with E-state index in [0.717, 1.165) is 18.5 Å². The molecule has 140 valence electrons. The standard InChI is InChI=1S/C20H25ClN2O3/c1-23(2)12-11-16(14-7-9-15(21)10-8-14)22-20(24)19-13-25-17-5-3-4-6-18(17)26-19/h3-10,16-19H,11-13H2,1-2H3,(H,22,24). The van der Waals surface area contributed by atoms with Gasteiger partial charge in [-0.2, -0.15) is 0 Å². The molecule has 6 heteroatoms. The van der Waals surface area contributed by atoms with Crippen molar-refractivity contribution in [1.82, 2.24) is 10.2 Å². The molecule has 4 atom stereocenters. The van der Waals surface area contributed by atoms with Gasteiger partial charge in [0.1, 0.15) is 12.2 Å². The van der Waals surface area contributed by atoms with E-state index in [1.54, 1.807) is 0 Å². The molecule has 5 nitrogen and oxygen atoms in total. The van der Waals surface area contributed by atoms with Crippen LogP contribution in [0.25, 0.3) is 0 Å². The molecular weight excluding hydrogens is 352 g/mol. The van der Waals surface area contributed by atoms with E-state index in [2.05, 4.69) is 10.2 Å². The first-order valence-electron chi connectivity index (χ1n) is 8.85. The zero-order valence-corrected chi connectivity index (χ0v) is 15.9. The van der Waals surface area contributed by atoms with Crippen LogP contribution in [0.1, 0.15) is 18.0 Å². The van der Waals surface area contributed by atoms with Crippen molar-refractivity contribution >= 4 is 17.5 Å². The molecule has 0 bridgehead atoms. The second-order valence-corrected chi connectivity index (χ2v) is 7.30. The van der Waals surface area contributed by atoms with Crippen LogP contribution in [0, 0.1) is 0 Å². The monoisotopic (exact) mass is 376 g/mol. The summed E-state index contributed by atoms with van der Waals surface area (Å²) in [4.78, 5) is 14.9. The Morgan fingerprint density at radius 3 is 2.62 bits per heavy atom. The number of hydrogen-bond acceptors (Lipinski definition) is 4. The average molecular weight is 377 g/mol. The molecule has 1 saturated heterocycles. The Bertz CT molecular complexity index is 672. The van der Waals surface area contributed by atoms with Crippen molar-refractivity contribution in [3.63, 3.8) is 0 Å². The summed E-state index contributed by atoms with van der Waals surface area (Å²) in [6.07, 6.45) is 7.59. The van der Waals surface area contributed by atoms with Gasteiger partial charge in [0.15, 0.2) is 6.10 Å². The number of nitrogens with zero attached hydrogens (tertiary/aromatic N) is 1. The Hall–Kier alpha value is -1.66. The number of allylic oxidation sites excluding steroid dienone is 2. The Labute approximate surface area is 159 Å². The number of carbonyl (C=O) groups is 1. The van der Waals surface area contributed by atoms with E-state index >= 15 is 0 Å². The third-order valence-electron chi connectivity index (χ3n) is 4.54. The van der Waals surface area contributed by atoms with Gasteiger partial charge in [-0.1, -0.05) is 48.0 Å². The van der Waals surface area contributed by atoms with Crippen LogP contribution in [0.15, 0.2) is 48.6 Å². The highest BCUT2D eigenvalue weighted by atomic mass is 35.5. The van der Waals surface area contributed by atoms with E-state index in [1.807, 2.05) is 62.7 Å². The predicted molar refractivity (Wildman–Crippen MR) is 102 cm³/mol. The number of amides is 1. The van der Waals surface area contributed by atoms with E-state index in [-0.39, 0.29) is 30.8 Å². The fourth-order valence-corrected chi connectivity index (χ4v) is 3.20. The number of nitrogens with one attached hydrogen (secondary N) is 1. The van der Waals surface area contributed by atoms with Crippen LogP contribution < -0.4 is 5.32 Å². The molecule has 1 aliphatic carbocycles. The molecule has 26 heavy (non-hydrogen) atoms. The van der Waals surface area contributed by atoms with Crippen molar-refractivity contribution in [1.29, 1.82) is 0 Å². The van der Waals surface area contributed by atoms with E-state index < -0.39 is 6.10 Å². The SMILES string of the molecule is CN(C)CCC(NC(=O)C1COC2C=CC=CC2O1)c1ccc(Cl)cc1. The average Bonchev–Trinajstić information content (AvgIpc) is 2.65. The Morgan fingerprint density at radius 2 is 1.92 bits per heavy atom. The number of hydrogen-bond donors (Lipinski definition) is 1. The van der Waals surface area contributed by atoms with Gasteiger partial charge in [-0.05, 0) is 44.8 Å². The van der Waals surface area contributed by atoms with Crippen molar-refractivity contribution in [2.45, 2.75) is 30.8 Å². The van der Waals surface area contributed by atoms with Crippen molar-refractivity contribution in [3.05, 3.63) is 59.2 Å². The maximum atomic E-state index is 12.8. The first kappa shape index (κ1) is 19.1. The predicted octanol–water partition coefficient (Wildman–Crippen LogP) is 2.73. The minimum atomic E-state index is -0.610. The lowest BCUT2D eigenvalue weighted by molar-refractivity contribution is -0.168. The number of fused-ring (bicyclic) bond motifs is 1. The number of halogens is 1. The number of carbonyl (C=O) groups excluding carboxylic acids is 1. The Balaban J connectivity index is 1.65. The summed E-state index contributed by atoms with van der Waals surface area (Å²) >= 11 is 5.99. The van der Waals surface area contributed by atoms with E-state index in [0.29, 0.717) is 5.02 Å². The normalized spacial score (nSPS) is 25.8. The van der Waals surface area contributed by atoms with Gasteiger partial charge in [-0.3, -0.25) is 4.79 Å². The molecule has 1 aromatic carbocycles. The van der Waals surface area contributed by atoms with Crippen LogP contribution in [0.5, 0.6) is 0 Å². The van der Waals surface area contributed by atoms with Gasteiger partial charge < -0.3 is 19.7 Å². The largest absolute Gasteiger partial charge is 0.368 e. The fourth-order valence-electron chi connectivity index (χ4n) is 3.07. The molecule has 1 N–H and O–H groups in total. The number of ether oxygens (including phenoxy) is 2. The molecule has 0 radical (unpaired) electrons. The summed E-state index contributed by atoms with van der Waals surface area (Å²) < 4.78 is 11.7. The van der Waals surface area contributed by atoms with E-state index in [9.17, 15) is 4.79 Å². The van der Waals surface area contributed by atoms with Crippen LogP contribution in [0.2, 0.25) is 5.02 Å². The highest BCUT2D eigenvalue weighted by molar-refractivity contribution is 6.30. The van der Waals surface area contributed by atoms with Crippen LogP contribution in [-0.4, -0.2) is 56.4 Å². The van der Waals surface area contributed by atoms with Crippen molar-refractivity contribution in [2.75, 3.05) is 27.2 Å². The van der Waals surface area contributed by atoms with E-state index in [4.69, 9.17) is 21.1 Å². The Morgan fingerprint density at radius 1 is 1.23 bits per heavy atom. The highest BCUT2D eigenvalue weighted by Crippen LogP contribution is 2.23. The molecular formula is C20H25ClN2O3. The third-order valence-corrected chi connectivity index (χ3v) is 4.80. The van der Waals surface area contributed by atoms with Crippen molar-refractivity contribution in [3.8, 4) is 0 Å². The molecule has 1 fully saturated rings. The maximum Gasteiger partial charge on any atom is 0.252 e. The Kier molecular flexibility index (Phi) is 6.48. The molecule has 1 amide bonds.